The van der Waals surface area contributed by atoms with Crippen molar-refractivity contribution in [3.63, 3.8) is 0 Å². The summed E-state index contributed by atoms with van der Waals surface area (Å²) >= 11 is 0. The lowest BCUT2D eigenvalue weighted by Gasteiger charge is -2.18. The van der Waals surface area contributed by atoms with Gasteiger partial charge >= 0.3 is 5.97 Å². The molecule has 0 N–H and O–H groups in total. The Hall–Kier alpha value is -2.69. The summed E-state index contributed by atoms with van der Waals surface area (Å²) in [6.07, 6.45) is 2.06. The molecule has 5 nitrogen and oxygen atoms in total. The van der Waals surface area contributed by atoms with Gasteiger partial charge in [0.05, 0.1) is 5.92 Å². The number of imide groups is 1. The summed E-state index contributed by atoms with van der Waals surface area (Å²) < 4.78 is 5.20. The zero-order chi connectivity index (χ0) is 17.0. The maximum Gasteiger partial charge on any atom is 0.315 e. The standard InChI is InChI=1S/C18H19NO4/c1-4-8-15(14-9-6-5-7-10-14)18(22)23-11-19-16(20)12(2)13(3)17(19)21/h4-7,9-10,15H,1,8,11H2,2-3H3. The molecule has 2 rings (SSSR count). The van der Waals surface area contributed by atoms with Crippen LogP contribution in [0.15, 0.2) is 54.1 Å². The molecule has 23 heavy (non-hydrogen) atoms. The number of ether oxygens (including phenoxy) is 1. The van der Waals surface area contributed by atoms with Crippen molar-refractivity contribution >= 4 is 17.8 Å². The number of esters is 1. The van der Waals surface area contributed by atoms with Gasteiger partial charge in [0.2, 0.25) is 0 Å². The van der Waals surface area contributed by atoms with E-state index in [9.17, 15) is 14.4 Å². The summed E-state index contributed by atoms with van der Waals surface area (Å²) in [7, 11) is 0. The highest BCUT2D eigenvalue weighted by atomic mass is 16.5. The Morgan fingerprint density at radius 3 is 2.26 bits per heavy atom. The molecule has 0 spiro atoms. The largest absolute Gasteiger partial charge is 0.443 e. The minimum Gasteiger partial charge on any atom is -0.443 e. The van der Waals surface area contributed by atoms with E-state index in [2.05, 4.69) is 6.58 Å². The van der Waals surface area contributed by atoms with Gasteiger partial charge in [0, 0.05) is 11.1 Å². The molecule has 1 heterocycles. The lowest BCUT2D eigenvalue weighted by Crippen LogP contribution is -2.35. The number of carbonyl (C=O) groups is 3. The summed E-state index contributed by atoms with van der Waals surface area (Å²) in [5.41, 5.74) is 1.58. The predicted molar refractivity (Wildman–Crippen MR) is 85.2 cm³/mol. The molecule has 0 saturated carbocycles. The summed E-state index contributed by atoms with van der Waals surface area (Å²) in [6, 6.07) is 9.19. The van der Waals surface area contributed by atoms with Crippen molar-refractivity contribution in [2.75, 3.05) is 6.73 Å². The maximum absolute atomic E-state index is 12.3. The first-order valence-electron chi connectivity index (χ1n) is 7.33. The molecule has 120 valence electrons. The number of rotatable bonds is 6. The van der Waals surface area contributed by atoms with Gasteiger partial charge in [-0.05, 0) is 25.8 Å². The van der Waals surface area contributed by atoms with Crippen molar-refractivity contribution in [3.05, 3.63) is 59.7 Å². The number of hydrogen-bond donors (Lipinski definition) is 0. The lowest BCUT2D eigenvalue weighted by molar-refractivity contribution is -0.156. The molecule has 0 aliphatic carbocycles. The van der Waals surface area contributed by atoms with Crippen LogP contribution in [0.4, 0.5) is 0 Å². The van der Waals surface area contributed by atoms with E-state index in [1.54, 1.807) is 19.9 Å². The molecule has 1 aromatic carbocycles. The summed E-state index contributed by atoms with van der Waals surface area (Å²) in [6.45, 7) is 6.46. The average molecular weight is 313 g/mol. The van der Waals surface area contributed by atoms with Gasteiger partial charge in [-0.15, -0.1) is 6.58 Å². The van der Waals surface area contributed by atoms with E-state index in [-0.39, 0.29) is 6.73 Å². The molecule has 5 heteroatoms. The Morgan fingerprint density at radius 2 is 1.74 bits per heavy atom. The fourth-order valence-electron chi connectivity index (χ4n) is 2.38. The van der Waals surface area contributed by atoms with Crippen molar-refractivity contribution in [2.24, 2.45) is 0 Å². The zero-order valence-electron chi connectivity index (χ0n) is 13.2. The van der Waals surface area contributed by atoms with Gasteiger partial charge in [0.1, 0.15) is 0 Å². The first kappa shape index (κ1) is 16.7. The molecule has 1 aliphatic heterocycles. The molecule has 0 saturated heterocycles. The lowest BCUT2D eigenvalue weighted by atomic mass is 9.96. The molecule has 1 aliphatic rings. The normalized spacial score (nSPS) is 15.8. The van der Waals surface area contributed by atoms with Gasteiger partial charge in [0.25, 0.3) is 11.8 Å². The van der Waals surface area contributed by atoms with Crippen LogP contribution in [0.5, 0.6) is 0 Å². The van der Waals surface area contributed by atoms with Gasteiger partial charge in [-0.1, -0.05) is 36.4 Å². The number of hydrogen-bond acceptors (Lipinski definition) is 4. The Kier molecular flexibility index (Phi) is 5.11. The smallest absolute Gasteiger partial charge is 0.315 e. The van der Waals surface area contributed by atoms with E-state index < -0.39 is 23.7 Å². The number of amides is 2. The number of allylic oxidation sites excluding steroid dienone is 1. The van der Waals surface area contributed by atoms with Crippen LogP contribution in [0.2, 0.25) is 0 Å². The second-order valence-corrected chi connectivity index (χ2v) is 5.37. The number of benzene rings is 1. The molecular formula is C18H19NO4. The minimum atomic E-state index is -0.503. The minimum absolute atomic E-state index is 0.369. The predicted octanol–water partition coefficient (Wildman–Crippen LogP) is 2.55. The highest BCUT2D eigenvalue weighted by Crippen LogP contribution is 2.23. The number of nitrogens with zero attached hydrogens (tertiary/aromatic N) is 1. The van der Waals surface area contributed by atoms with Gasteiger partial charge in [0.15, 0.2) is 6.73 Å². The van der Waals surface area contributed by atoms with Gasteiger partial charge in [-0.3, -0.25) is 14.4 Å². The Morgan fingerprint density at radius 1 is 1.17 bits per heavy atom. The Labute approximate surface area is 135 Å². The first-order chi connectivity index (χ1) is 11.0. The molecule has 0 bridgehead atoms. The third-order valence-electron chi connectivity index (χ3n) is 3.92. The molecule has 1 aromatic rings. The van der Waals surface area contributed by atoms with Gasteiger partial charge < -0.3 is 4.74 Å². The van der Waals surface area contributed by atoms with Crippen LogP contribution in [0.25, 0.3) is 0 Å². The monoisotopic (exact) mass is 313 g/mol. The van der Waals surface area contributed by atoms with E-state index in [0.717, 1.165) is 10.5 Å². The van der Waals surface area contributed by atoms with E-state index in [1.165, 1.54) is 0 Å². The van der Waals surface area contributed by atoms with E-state index in [4.69, 9.17) is 4.74 Å². The third kappa shape index (κ3) is 3.39. The summed E-state index contributed by atoms with van der Waals surface area (Å²) in [5.74, 6) is -1.82. The SMILES string of the molecule is C=CCC(C(=O)OCN1C(=O)C(C)=C(C)C1=O)c1ccccc1. The van der Waals surface area contributed by atoms with Crippen LogP contribution in [-0.4, -0.2) is 29.4 Å². The highest BCUT2D eigenvalue weighted by molar-refractivity contribution is 6.18. The summed E-state index contributed by atoms with van der Waals surface area (Å²) in [4.78, 5) is 37.2. The first-order valence-corrected chi connectivity index (χ1v) is 7.33. The van der Waals surface area contributed by atoms with Crippen molar-refractivity contribution in [1.82, 2.24) is 4.90 Å². The van der Waals surface area contributed by atoms with Crippen molar-refractivity contribution in [3.8, 4) is 0 Å². The fourth-order valence-corrected chi connectivity index (χ4v) is 2.38. The quantitative estimate of drug-likeness (QED) is 0.460. The van der Waals surface area contributed by atoms with Crippen LogP contribution in [-0.2, 0) is 19.1 Å². The molecule has 1 atom stereocenters. The second-order valence-electron chi connectivity index (χ2n) is 5.37. The van der Waals surface area contributed by atoms with Gasteiger partial charge in [-0.2, -0.15) is 0 Å². The average Bonchev–Trinajstić information content (AvgIpc) is 2.75. The zero-order valence-corrected chi connectivity index (χ0v) is 13.2. The number of carbonyl (C=O) groups excluding carboxylic acids is 3. The Balaban J connectivity index is 2.05. The van der Waals surface area contributed by atoms with Crippen LogP contribution >= 0.6 is 0 Å². The van der Waals surface area contributed by atoms with Crippen LogP contribution < -0.4 is 0 Å². The molecule has 0 radical (unpaired) electrons. The molecular weight excluding hydrogens is 294 g/mol. The summed E-state index contributed by atoms with van der Waals surface area (Å²) in [5, 5.41) is 0. The van der Waals surface area contributed by atoms with E-state index in [1.807, 2.05) is 30.3 Å². The fraction of sp³-hybridized carbons (Fsp3) is 0.278. The van der Waals surface area contributed by atoms with Crippen LogP contribution in [0.3, 0.4) is 0 Å². The third-order valence-corrected chi connectivity index (χ3v) is 3.92. The van der Waals surface area contributed by atoms with Crippen LogP contribution in [0, 0.1) is 0 Å². The molecule has 0 aromatic heterocycles. The van der Waals surface area contributed by atoms with Gasteiger partial charge in [-0.25, -0.2) is 4.90 Å². The topological polar surface area (TPSA) is 63.7 Å². The van der Waals surface area contributed by atoms with E-state index >= 15 is 0 Å². The molecule has 2 amide bonds. The highest BCUT2D eigenvalue weighted by Gasteiger charge is 2.34. The van der Waals surface area contributed by atoms with Crippen molar-refractivity contribution in [2.45, 2.75) is 26.2 Å². The Bertz CT molecular complexity index is 652. The maximum atomic E-state index is 12.3. The van der Waals surface area contributed by atoms with Crippen molar-refractivity contribution < 1.29 is 19.1 Å². The molecule has 1 unspecified atom stereocenters. The van der Waals surface area contributed by atoms with Crippen molar-refractivity contribution in [1.29, 1.82) is 0 Å². The second kappa shape index (κ2) is 7.05. The molecule has 0 fully saturated rings. The van der Waals surface area contributed by atoms with Crippen LogP contribution in [0.1, 0.15) is 31.7 Å². The van der Waals surface area contributed by atoms with E-state index in [0.29, 0.717) is 17.6 Å².